The molecule has 0 radical (unpaired) electrons. The van der Waals surface area contributed by atoms with Crippen LogP contribution in [0.25, 0.3) is 65.4 Å². The third kappa shape index (κ3) is 3.40. The molecule has 0 bridgehead atoms. The second-order valence-electron chi connectivity index (χ2n) is 10.5. The summed E-state index contributed by atoms with van der Waals surface area (Å²) < 4.78 is 6.30. The fourth-order valence-corrected chi connectivity index (χ4v) is 6.51. The fourth-order valence-electron chi connectivity index (χ4n) is 6.51. The van der Waals surface area contributed by atoms with Crippen molar-refractivity contribution in [3.05, 3.63) is 144 Å². The highest BCUT2D eigenvalue weighted by molar-refractivity contribution is 6.16. The molecule has 0 saturated carbocycles. The van der Waals surface area contributed by atoms with Crippen LogP contribution < -0.4 is 0 Å². The average molecular weight is 499 g/mol. The van der Waals surface area contributed by atoms with Gasteiger partial charge in [-0.1, -0.05) is 109 Å². The van der Waals surface area contributed by atoms with E-state index in [0.29, 0.717) is 0 Å². The monoisotopic (exact) mass is 498 g/mol. The molecule has 1 heteroatoms. The van der Waals surface area contributed by atoms with Gasteiger partial charge in [0.15, 0.2) is 0 Å². The lowest BCUT2D eigenvalue weighted by molar-refractivity contribution is 0.668. The molecule has 0 amide bonds. The SMILES string of the molecule is Cc1cccc2oc3cccc(Cc4c5ccccc5c(-c5ccc6ccccc6c5)c5ccccc45)c3c12. The van der Waals surface area contributed by atoms with Crippen molar-refractivity contribution in [2.24, 2.45) is 0 Å². The van der Waals surface area contributed by atoms with Gasteiger partial charge < -0.3 is 4.42 Å². The van der Waals surface area contributed by atoms with E-state index in [4.69, 9.17) is 4.42 Å². The van der Waals surface area contributed by atoms with Gasteiger partial charge in [0.1, 0.15) is 11.2 Å². The molecule has 1 aromatic heterocycles. The van der Waals surface area contributed by atoms with Crippen molar-refractivity contribution in [3.63, 3.8) is 0 Å². The summed E-state index contributed by atoms with van der Waals surface area (Å²) in [5.74, 6) is 0. The van der Waals surface area contributed by atoms with Crippen molar-refractivity contribution in [3.8, 4) is 11.1 Å². The largest absolute Gasteiger partial charge is 0.456 e. The predicted octanol–water partition coefficient (Wildman–Crippen LogP) is 10.6. The van der Waals surface area contributed by atoms with Gasteiger partial charge in [0.25, 0.3) is 0 Å². The topological polar surface area (TPSA) is 13.1 Å². The first kappa shape index (κ1) is 22.1. The van der Waals surface area contributed by atoms with Gasteiger partial charge in [-0.25, -0.2) is 0 Å². The van der Waals surface area contributed by atoms with Crippen LogP contribution in [0.5, 0.6) is 0 Å². The van der Waals surface area contributed by atoms with Crippen LogP contribution in [-0.2, 0) is 6.42 Å². The Kier molecular flexibility index (Phi) is 4.87. The zero-order valence-electron chi connectivity index (χ0n) is 21.7. The first-order chi connectivity index (χ1) is 19.3. The molecule has 0 aliphatic carbocycles. The third-order valence-corrected chi connectivity index (χ3v) is 8.27. The molecular weight excluding hydrogens is 472 g/mol. The van der Waals surface area contributed by atoms with Crippen molar-refractivity contribution in [1.82, 2.24) is 0 Å². The predicted molar refractivity (Wildman–Crippen MR) is 166 cm³/mol. The second kappa shape index (κ2) is 8.58. The number of benzene rings is 7. The molecule has 0 saturated heterocycles. The third-order valence-electron chi connectivity index (χ3n) is 8.27. The molecule has 0 aliphatic rings. The van der Waals surface area contributed by atoms with Gasteiger partial charge in [-0.15, -0.1) is 0 Å². The number of rotatable bonds is 3. The summed E-state index contributed by atoms with van der Waals surface area (Å²) in [6, 6.07) is 46.1. The molecule has 1 heterocycles. The molecular formula is C38H26O. The zero-order chi connectivity index (χ0) is 25.9. The molecule has 0 spiro atoms. The first-order valence-electron chi connectivity index (χ1n) is 13.6. The Morgan fingerprint density at radius 2 is 1.13 bits per heavy atom. The van der Waals surface area contributed by atoms with Crippen molar-refractivity contribution in [2.75, 3.05) is 0 Å². The van der Waals surface area contributed by atoms with Crippen molar-refractivity contribution in [1.29, 1.82) is 0 Å². The molecule has 1 nitrogen and oxygen atoms in total. The Hall–Kier alpha value is -4.88. The van der Waals surface area contributed by atoms with Crippen LogP contribution in [-0.4, -0.2) is 0 Å². The molecule has 0 unspecified atom stereocenters. The Bertz CT molecular complexity index is 2160. The van der Waals surface area contributed by atoms with Crippen LogP contribution in [0.4, 0.5) is 0 Å². The molecule has 0 fully saturated rings. The highest BCUT2D eigenvalue weighted by atomic mass is 16.3. The van der Waals surface area contributed by atoms with Gasteiger partial charge in [-0.2, -0.15) is 0 Å². The minimum absolute atomic E-state index is 0.833. The Morgan fingerprint density at radius 1 is 0.513 bits per heavy atom. The van der Waals surface area contributed by atoms with E-state index in [2.05, 4.69) is 134 Å². The lowest BCUT2D eigenvalue weighted by atomic mass is 9.85. The van der Waals surface area contributed by atoms with E-state index >= 15 is 0 Å². The molecule has 184 valence electrons. The molecule has 0 N–H and O–H groups in total. The van der Waals surface area contributed by atoms with Gasteiger partial charge >= 0.3 is 0 Å². The Labute approximate surface area is 226 Å². The molecule has 39 heavy (non-hydrogen) atoms. The van der Waals surface area contributed by atoms with E-state index in [0.717, 1.165) is 17.6 Å². The van der Waals surface area contributed by atoms with Gasteiger partial charge in [0.2, 0.25) is 0 Å². The lowest BCUT2D eigenvalue weighted by Gasteiger charge is -2.18. The summed E-state index contributed by atoms with van der Waals surface area (Å²) in [6.07, 6.45) is 0.833. The number of hydrogen-bond donors (Lipinski definition) is 0. The average Bonchev–Trinajstić information content (AvgIpc) is 3.38. The van der Waals surface area contributed by atoms with Gasteiger partial charge in [-0.05, 0) is 91.7 Å². The smallest absolute Gasteiger partial charge is 0.135 e. The number of fused-ring (bicyclic) bond motifs is 6. The van der Waals surface area contributed by atoms with Crippen molar-refractivity contribution < 1.29 is 4.42 Å². The summed E-state index contributed by atoms with van der Waals surface area (Å²) >= 11 is 0. The van der Waals surface area contributed by atoms with Crippen LogP contribution >= 0.6 is 0 Å². The quantitative estimate of drug-likeness (QED) is 0.221. The number of aryl methyl sites for hydroxylation is 1. The first-order valence-corrected chi connectivity index (χ1v) is 13.6. The number of hydrogen-bond acceptors (Lipinski definition) is 1. The van der Waals surface area contributed by atoms with E-state index in [1.54, 1.807) is 0 Å². The maximum atomic E-state index is 6.30. The maximum Gasteiger partial charge on any atom is 0.135 e. The number of furan rings is 1. The summed E-state index contributed by atoms with van der Waals surface area (Å²) in [5.41, 5.74) is 8.39. The summed E-state index contributed by atoms with van der Waals surface area (Å²) in [6.45, 7) is 2.18. The van der Waals surface area contributed by atoms with E-state index in [1.165, 1.54) is 70.9 Å². The summed E-state index contributed by atoms with van der Waals surface area (Å²) in [7, 11) is 0. The summed E-state index contributed by atoms with van der Waals surface area (Å²) in [5, 5.41) is 10.2. The molecule has 8 rings (SSSR count). The van der Waals surface area contributed by atoms with E-state index in [9.17, 15) is 0 Å². The zero-order valence-corrected chi connectivity index (χ0v) is 21.7. The Morgan fingerprint density at radius 3 is 1.87 bits per heavy atom. The van der Waals surface area contributed by atoms with Crippen LogP contribution in [0.15, 0.2) is 132 Å². The molecule has 0 aliphatic heterocycles. The standard InChI is InChI=1S/C38H26O/c1-24-10-8-18-34-36(24)38-27(13-9-19-35(38)39-34)23-33-29-14-4-6-16-31(29)37(32-17-7-5-15-30(32)33)28-21-20-25-11-2-3-12-26(25)22-28/h2-22H,23H2,1H3. The van der Waals surface area contributed by atoms with E-state index in [-0.39, 0.29) is 0 Å². The van der Waals surface area contributed by atoms with Crippen molar-refractivity contribution >= 4 is 54.3 Å². The van der Waals surface area contributed by atoms with Crippen LogP contribution in [0, 0.1) is 6.92 Å². The van der Waals surface area contributed by atoms with E-state index < -0.39 is 0 Å². The summed E-state index contributed by atoms with van der Waals surface area (Å²) in [4.78, 5) is 0. The van der Waals surface area contributed by atoms with Crippen molar-refractivity contribution in [2.45, 2.75) is 13.3 Å². The molecule has 0 atom stereocenters. The molecule has 8 aromatic rings. The van der Waals surface area contributed by atoms with Gasteiger partial charge in [0, 0.05) is 10.8 Å². The normalized spacial score (nSPS) is 11.8. The highest BCUT2D eigenvalue weighted by Gasteiger charge is 2.18. The fraction of sp³-hybridized carbons (Fsp3) is 0.0526. The van der Waals surface area contributed by atoms with Gasteiger partial charge in [-0.3, -0.25) is 0 Å². The lowest BCUT2D eigenvalue weighted by Crippen LogP contribution is -1.96. The molecule has 7 aromatic carbocycles. The van der Waals surface area contributed by atoms with E-state index in [1.807, 2.05) is 0 Å². The Balaban J connectivity index is 1.43. The van der Waals surface area contributed by atoms with Crippen LogP contribution in [0.1, 0.15) is 16.7 Å². The minimum atomic E-state index is 0.833. The van der Waals surface area contributed by atoms with Gasteiger partial charge in [0.05, 0.1) is 0 Å². The maximum absolute atomic E-state index is 6.30. The van der Waals surface area contributed by atoms with Crippen LogP contribution in [0.2, 0.25) is 0 Å². The minimum Gasteiger partial charge on any atom is -0.456 e. The second-order valence-corrected chi connectivity index (χ2v) is 10.5. The highest BCUT2D eigenvalue weighted by Crippen LogP contribution is 2.42. The van der Waals surface area contributed by atoms with Crippen LogP contribution in [0.3, 0.4) is 0 Å².